The number of carbonyl (C=O) groups is 1. The van der Waals surface area contributed by atoms with Gasteiger partial charge in [0.1, 0.15) is 5.65 Å². The minimum absolute atomic E-state index is 0.189. The number of aromatic nitrogens is 2. The van der Waals surface area contributed by atoms with Crippen LogP contribution in [0.15, 0.2) is 79.1 Å². The first-order chi connectivity index (χ1) is 13.6. The molecular weight excluding hydrogens is 370 g/mol. The monoisotopic (exact) mass is 387 g/mol. The second-order valence-electron chi connectivity index (χ2n) is 6.50. The van der Waals surface area contributed by atoms with Crippen molar-refractivity contribution in [2.45, 2.75) is 6.92 Å². The Hall–Kier alpha value is -3.37. The summed E-state index contributed by atoms with van der Waals surface area (Å²) in [5, 5.41) is 3.53. The molecule has 0 bridgehead atoms. The van der Waals surface area contributed by atoms with Crippen LogP contribution in [0.2, 0.25) is 5.02 Å². The number of fused-ring (bicyclic) bond motifs is 1. The van der Waals surface area contributed by atoms with Crippen LogP contribution in [0, 0.1) is 6.92 Å². The van der Waals surface area contributed by atoms with Crippen molar-refractivity contribution >= 4 is 34.9 Å². The molecule has 2 heterocycles. The Balaban J connectivity index is 1.46. The largest absolute Gasteiger partial charge is 0.323 e. The minimum atomic E-state index is -0.189. The van der Waals surface area contributed by atoms with Crippen LogP contribution in [0.5, 0.6) is 0 Å². The smallest absolute Gasteiger partial charge is 0.248 e. The van der Waals surface area contributed by atoms with E-state index in [1.165, 1.54) is 6.08 Å². The van der Waals surface area contributed by atoms with Crippen LogP contribution in [0.4, 0.5) is 5.69 Å². The van der Waals surface area contributed by atoms with E-state index in [0.29, 0.717) is 5.02 Å². The van der Waals surface area contributed by atoms with Crippen LogP contribution in [0.25, 0.3) is 23.0 Å². The molecule has 0 atom stereocenters. The molecule has 4 aromatic rings. The van der Waals surface area contributed by atoms with E-state index in [1.807, 2.05) is 72.2 Å². The van der Waals surface area contributed by atoms with E-state index in [0.717, 1.165) is 33.7 Å². The van der Waals surface area contributed by atoms with Gasteiger partial charge in [-0.15, -0.1) is 0 Å². The lowest BCUT2D eigenvalue weighted by Gasteiger charge is -2.03. The summed E-state index contributed by atoms with van der Waals surface area (Å²) in [6, 6.07) is 19.0. The minimum Gasteiger partial charge on any atom is -0.323 e. The van der Waals surface area contributed by atoms with Crippen molar-refractivity contribution in [2.75, 3.05) is 5.32 Å². The molecular formula is C23H18ClN3O. The molecule has 1 N–H and O–H groups in total. The van der Waals surface area contributed by atoms with Gasteiger partial charge in [-0.1, -0.05) is 41.9 Å². The Morgan fingerprint density at radius 1 is 1.07 bits per heavy atom. The molecule has 5 heteroatoms. The van der Waals surface area contributed by atoms with E-state index < -0.39 is 0 Å². The van der Waals surface area contributed by atoms with Crippen molar-refractivity contribution in [2.24, 2.45) is 0 Å². The number of pyridine rings is 1. The van der Waals surface area contributed by atoms with Gasteiger partial charge >= 0.3 is 0 Å². The van der Waals surface area contributed by atoms with Crippen molar-refractivity contribution in [3.63, 3.8) is 0 Å². The van der Waals surface area contributed by atoms with Crippen LogP contribution in [0.3, 0.4) is 0 Å². The number of nitrogens with zero attached hydrogens (tertiary/aromatic N) is 2. The molecule has 0 aliphatic heterocycles. The summed E-state index contributed by atoms with van der Waals surface area (Å²) in [6.07, 6.45) is 7.24. The Morgan fingerprint density at radius 2 is 1.82 bits per heavy atom. The van der Waals surface area contributed by atoms with Gasteiger partial charge in [0.15, 0.2) is 0 Å². The molecule has 0 radical (unpaired) electrons. The van der Waals surface area contributed by atoms with Gasteiger partial charge in [-0.2, -0.15) is 0 Å². The third kappa shape index (κ3) is 3.97. The number of amides is 1. The number of halogens is 1. The lowest BCUT2D eigenvalue weighted by molar-refractivity contribution is -0.111. The van der Waals surface area contributed by atoms with E-state index in [4.69, 9.17) is 16.6 Å². The summed E-state index contributed by atoms with van der Waals surface area (Å²) in [6.45, 7) is 2.04. The predicted molar refractivity (Wildman–Crippen MR) is 114 cm³/mol. The van der Waals surface area contributed by atoms with E-state index in [2.05, 4.69) is 5.32 Å². The molecule has 0 unspecified atom stereocenters. The summed E-state index contributed by atoms with van der Waals surface area (Å²) in [5.41, 5.74) is 5.62. The third-order valence-corrected chi connectivity index (χ3v) is 4.68. The fraction of sp³-hybridized carbons (Fsp3) is 0.0435. The van der Waals surface area contributed by atoms with E-state index in [1.54, 1.807) is 18.2 Å². The number of hydrogen-bond acceptors (Lipinski definition) is 2. The Labute approximate surface area is 168 Å². The zero-order valence-electron chi connectivity index (χ0n) is 15.3. The SMILES string of the molecule is Cc1cccn2cc(-c3ccc(NC(=O)/C=C/c4ccc(Cl)cc4)cc3)nc12. The quantitative estimate of drug-likeness (QED) is 0.462. The third-order valence-electron chi connectivity index (χ3n) is 4.42. The van der Waals surface area contributed by atoms with Crippen LogP contribution >= 0.6 is 11.6 Å². The molecule has 2 aromatic carbocycles. The summed E-state index contributed by atoms with van der Waals surface area (Å²) >= 11 is 5.86. The highest BCUT2D eigenvalue weighted by Gasteiger charge is 2.06. The first-order valence-electron chi connectivity index (χ1n) is 8.88. The number of rotatable bonds is 4. The van der Waals surface area contributed by atoms with Gasteiger partial charge in [0, 0.05) is 34.7 Å². The van der Waals surface area contributed by atoms with Crippen molar-refractivity contribution < 1.29 is 4.79 Å². The van der Waals surface area contributed by atoms with Crippen LogP contribution in [-0.2, 0) is 4.79 Å². The van der Waals surface area contributed by atoms with Crippen LogP contribution in [-0.4, -0.2) is 15.3 Å². The Bertz CT molecular complexity index is 1160. The van der Waals surface area contributed by atoms with Gasteiger partial charge in [-0.3, -0.25) is 4.79 Å². The zero-order chi connectivity index (χ0) is 19.5. The maximum absolute atomic E-state index is 12.1. The summed E-state index contributed by atoms with van der Waals surface area (Å²) < 4.78 is 2.02. The molecule has 0 saturated carbocycles. The number of nitrogens with one attached hydrogen (secondary N) is 1. The molecule has 0 aliphatic carbocycles. The lowest BCUT2D eigenvalue weighted by Crippen LogP contribution is -2.07. The van der Waals surface area contributed by atoms with Crippen molar-refractivity contribution in [1.82, 2.24) is 9.38 Å². The van der Waals surface area contributed by atoms with E-state index in [-0.39, 0.29) is 5.91 Å². The fourth-order valence-corrected chi connectivity index (χ4v) is 3.07. The zero-order valence-corrected chi connectivity index (χ0v) is 16.0. The van der Waals surface area contributed by atoms with Crippen molar-refractivity contribution in [3.8, 4) is 11.3 Å². The van der Waals surface area contributed by atoms with Gasteiger partial charge in [-0.05, 0) is 54.5 Å². The van der Waals surface area contributed by atoms with Gasteiger partial charge in [0.25, 0.3) is 0 Å². The molecule has 4 nitrogen and oxygen atoms in total. The summed E-state index contributed by atoms with van der Waals surface area (Å²) in [5.74, 6) is -0.189. The highest BCUT2D eigenvalue weighted by Crippen LogP contribution is 2.22. The maximum atomic E-state index is 12.1. The average molecular weight is 388 g/mol. The number of benzene rings is 2. The van der Waals surface area contributed by atoms with Crippen molar-refractivity contribution in [1.29, 1.82) is 0 Å². The number of carbonyl (C=O) groups excluding carboxylic acids is 1. The highest BCUT2D eigenvalue weighted by molar-refractivity contribution is 6.30. The van der Waals surface area contributed by atoms with Gasteiger partial charge < -0.3 is 9.72 Å². The van der Waals surface area contributed by atoms with Crippen LogP contribution < -0.4 is 5.32 Å². The van der Waals surface area contributed by atoms with E-state index >= 15 is 0 Å². The Kier molecular flexibility index (Phi) is 4.96. The maximum Gasteiger partial charge on any atom is 0.248 e. The molecule has 28 heavy (non-hydrogen) atoms. The first-order valence-corrected chi connectivity index (χ1v) is 9.26. The van der Waals surface area contributed by atoms with Crippen molar-refractivity contribution in [3.05, 3.63) is 95.3 Å². The summed E-state index contributed by atoms with van der Waals surface area (Å²) in [7, 11) is 0. The number of anilines is 1. The van der Waals surface area contributed by atoms with Gasteiger partial charge in [-0.25, -0.2) is 4.98 Å². The standard InChI is InChI=1S/C23H18ClN3O/c1-16-3-2-14-27-15-21(26-23(16)27)18-7-11-20(12-8-18)25-22(28)13-6-17-4-9-19(24)10-5-17/h2-15H,1H3,(H,25,28)/b13-6+. The molecule has 0 aliphatic rings. The fourth-order valence-electron chi connectivity index (χ4n) is 2.95. The first kappa shape index (κ1) is 18.0. The van der Waals surface area contributed by atoms with Crippen LogP contribution in [0.1, 0.15) is 11.1 Å². The average Bonchev–Trinajstić information content (AvgIpc) is 3.14. The van der Waals surface area contributed by atoms with E-state index in [9.17, 15) is 4.79 Å². The molecule has 1 amide bonds. The lowest BCUT2D eigenvalue weighted by atomic mass is 10.1. The second kappa shape index (κ2) is 7.71. The number of aryl methyl sites for hydroxylation is 1. The second-order valence-corrected chi connectivity index (χ2v) is 6.94. The normalized spacial score (nSPS) is 11.2. The van der Waals surface area contributed by atoms with Gasteiger partial charge in [0.2, 0.25) is 5.91 Å². The topological polar surface area (TPSA) is 46.4 Å². The molecule has 4 rings (SSSR count). The Morgan fingerprint density at radius 3 is 2.54 bits per heavy atom. The molecule has 0 fully saturated rings. The number of hydrogen-bond donors (Lipinski definition) is 1. The molecule has 0 spiro atoms. The molecule has 2 aromatic heterocycles. The predicted octanol–water partition coefficient (Wildman–Crippen LogP) is 5.62. The van der Waals surface area contributed by atoms with Gasteiger partial charge in [0.05, 0.1) is 5.69 Å². The summed E-state index contributed by atoms with van der Waals surface area (Å²) in [4.78, 5) is 16.8. The molecule has 138 valence electrons. The number of imidazole rings is 1. The highest BCUT2D eigenvalue weighted by atomic mass is 35.5. The molecule has 0 saturated heterocycles.